The van der Waals surface area contributed by atoms with Gasteiger partial charge in [-0.2, -0.15) is 0 Å². The first kappa shape index (κ1) is 12.4. The average molecular weight is 266 g/mol. The van der Waals surface area contributed by atoms with Gasteiger partial charge >= 0.3 is 0 Å². The highest BCUT2D eigenvalue weighted by Crippen LogP contribution is 2.24. The number of amides is 1. The molecule has 0 aliphatic carbocycles. The molecule has 0 spiro atoms. The van der Waals surface area contributed by atoms with Gasteiger partial charge in [0.15, 0.2) is 0 Å². The van der Waals surface area contributed by atoms with Gasteiger partial charge in [-0.05, 0) is 30.3 Å². The molecule has 0 radical (unpaired) electrons. The predicted octanol–water partition coefficient (Wildman–Crippen LogP) is 3.44. The minimum absolute atomic E-state index is 0.0961. The smallest absolute Gasteiger partial charge is 0.259 e. The van der Waals surface area contributed by atoms with E-state index in [0.29, 0.717) is 0 Å². The van der Waals surface area contributed by atoms with Crippen molar-refractivity contribution in [2.24, 2.45) is 0 Å². The van der Waals surface area contributed by atoms with E-state index in [4.69, 9.17) is 11.6 Å². The van der Waals surface area contributed by atoms with Crippen LogP contribution in [0.3, 0.4) is 0 Å². The Labute approximate surface area is 108 Å². The molecular formula is C13H9ClFNO2. The third kappa shape index (κ3) is 2.60. The van der Waals surface area contributed by atoms with E-state index in [-0.39, 0.29) is 22.0 Å². The number of hydrogen-bond donors (Lipinski definition) is 2. The maximum absolute atomic E-state index is 12.8. The topological polar surface area (TPSA) is 49.3 Å². The second-order valence-corrected chi connectivity index (χ2v) is 4.00. The van der Waals surface area contributed by atoms with Crippen LogP contribution >= 0.6 is 11.6 Å². The van der Waals surface area contributed by atoms with Crippen LogP contribution in [0.15, 0.2) is 42.5 Å². The first-order valence-corrected chi connectivity index (χ1v) is 5.50. The summed E-state index contributed by atoms with van der Waals surface area (Å²) in [6.07, 6.45) is 0. The number of phenolic OH excluding ortho intramolecular Hbond substituents is 1. The van der Waals surface area contributed by atoms with E-state index in [1.165, 1.54) is 24.3 Å². The van der Waals surface area contributed by atoms with Crippen LogP contribution in [0.4, 0.5) is 10.1 Å². The molecule has 0 aliphatic rings. The normalized spacial score (nSPS) is 10.1. The highest BCUT2D eigenvalue weighted by atomic mass is 35.5. The molecule has 0 unspecified atom stereocenters. The Morgan fingerprint density at radius 3 is 2.61 bits per heavy atom. The lowest BCUT2D eigenvalue weighted by Gasteiger charge is -2.08. The van der Waals surface area contributed by atoms with Crippen molar-refractivity contribution < 1.29 is 14.3 Å². The minimum atomic E-state index is -0.512. The van der Waals surface area contributed by atoms with Gasteiger partial charge in [0.05, 0.1) is 16.3 Å². The number of hydrogen-bond acceptors (Lipinski definition) is 2. The van der Waals surface area contributed by atoms with Crippen LogP contribution in [0.1, 0.15) is 10.4 Å². The first-order valence-electron chi connectivity index (χ1n) is 5.12. The number of para-hydroxylation sites is 1. The Morgan fingerprint density at radius 2 is 1.94 bits per heavy atom. The number of nitrogens with one attached hydrogen (secondary N) is 1. The standard InChI is InChI=1S/C13H9ClFNO2/c14-10-7-8(15)5-6-11(10)16-13(18)9-3-1-2-4-12(9)17/h1-7,17H,(H,16,18). The monoisotopic (exact) mass is 265 g/mol. The minimum Gasteiger partial charge on any atom is -0.507 e. The highest BCUT2D eigenvalue weighted by molar-refractivity contribution is 6.34. The Kier molecular flexibility index (Phi) is 3.48. The summed E-state index contributed by atoms with van der Waals surface area (Å²) in [7, 11) is 0. The summed E-state index contributed by atoms with van der Waals surface area (Å²) in [6, 6.07) is 9.76. The number of carbonyl (C=O) groups excluding carboxylic acids is 1. The van der Waals surface area contributed by atoms with Crippen molar-refractivity contribution in [1.29, 1.82) is 0 Å². The van der Waals surface area contributed by atoms with Crippen molar-refractivity contribution in [2.45, 2.75) is 0 Å². The van der Waals surface area contributed by atoms with Crippen molar-refractivity contribution >= 4 is 23.2 Å². The first-order chi connectivity index (χ1) is 8.58. The lowest BCUT2D eigenvalue weighted by atomic mass is 10.2. The summed E-state index contributed by atoms with van der Waals surface area (Å²) in [4.78, 5) is 11.8. The Balaban J connectivity index is 2.24. The molecular weight excluding hydrogens is 257 g/mol. The van der Waals surface area contributed by atoms with Crippen LogP contribution in [0, 0.1) is 5.82 Å². The Bertz CT molecular complexity index is 601. The number of anilines is 1. The molecule has 0 fully saturated rings. The molecule has 2 rings (SSSR count). The van der Waals surface area contributed by atoms with Gasteiger partial charge in [-0.3, -0.25) is 4.79 Å². The molecule has 2 N–H and O–H groups in total. The fourth-order valence-electron chi connectivity index (χ4n) is 1.45. The second-order valence-electron chi connectivity index (χ2n) is 3.60. The summed E-state index contributed by atoms with van der Waals surface area (Å²) in [5.74, 6) is -1.13. The van der Waals surface area contributed by atoms with Gasteiger partial charge in [0.1, 0.15) is 11.6 Å². The molecule has 2 aromatic carbocycles. The van der Waals surface area contributed by atoms with E-state index >= 15 is 0 Å². The Morgan fingerprint density at radius 1 is 1.22 bits per heavy atom. The Hall–Kier alpha value is -2.07. The van der Waals surface area contributed by atoms with E-state index in [1.807, 2.05) is 0 Å². The van der Waals surface area contributed by atoms with Crippen molar-refractivity contribution in [3.63, 3.8) is 0 Å². The molecule has 0 saturated heterocycles. The van der Waals surface area contributed by atoms with Crippen molar-refractivity contribution in [3.05, 3.63) is 58.9 Å². The summed E-state index contributed by atoms with van der Waals surface area (Å²) in [6.45, 7) is 0. The number of aromatic hydroxyl groups is 1. The lowest BCUT2D eigenvalue weighted by Crippen LogP contribution is -2.12. The molecule has 0 aliphatic heterocycles. The molecule has 2 aromatic rings. The quantitative estimate of drug-likeness (QED) is 0.874. The number of benzene rings is 2. The van der Waals surface area contributed by atoms with E-state index in [9.17, 15) is 14.3 Å². The molecule has 18 heavy (non-hydrogen) atoms. The van der Waals surface area contributed by atoms with Crippen LogP contribution in [0.2, 0.25) is 5.02 Å². The van der Waals surface area contributed by atoms with E-state index in [0.717, 1.165) is 6.07 Å². The number of rotatable bonds is 2. The van der Waals surface area contributed by atoms with Crippen molar-refractivity contribution in [2.75, 3.05) is 5.32 Å². The van der Waals surface area contributed by atoms with Crippen LogP contribution in [0.25, 0.3) is 0 Å². The zero-order valence-electron chi connectivity index (χ0n) is 9.15. The average Bonchev–Trinajstić information content (AvgIpc) is 2.33. The number of phenols is 1. The molecule has 5 heteroatoms. The number of carbonyl (C=O) groups is 1. The third-order valence-electron chi connectivity index (χ3n) is 2.33. The summed E-state index contributed by atoms with van der Waals surface area (Å²) >= 11 is 5.78. The van der Waals surface area contributed by atoms with E-state index in [1.54, 1.807) is 12.1 Å². The van der Waals surface area contributed by atoms with Gasteiger partial charge in [0.2, 0.25) is 0 Å². The molecule has 3 nitrogen and oxygen atoms in total. The van der Waals surface area contributed by atoms with Gasteiger partial charge in [-0.15, -0.1) is 0 Å². The predicted molar refractivity (Wildman–Crippen MR) is 67.5 cm³/mol. The van der Waals surface area contributed by atoms with Gasteiger partial charge in [-0.1, -0.05) is 23.7 Å². The van der Waals surface area contributed by atoms with Crippen LogP contribution in [-0.4, -0.2) is 11.0 Å². The SMILES string of the molecule is O=C(Nc1ccc(F)cc1Cl)c1ccccc1O. The molecule has 0 heterocycles. The van der Waals surface area contributed by atoms with Crippen molar-refractivity contribution in [1.82, 2.24) is 0 Å². The molecule has 0 saturated carbocycles. The molecule has 92 valence electrons. The summed E-state index contributed by atoms with van der Waals surface area (Å²) in [5.41, 5.74) is 0.407. The van der Waals surface area contributed by atoms with E-state index in [2.05, 4.69) is 5.32 Å². The summed E-state index contributed by atoms with van der Waals surface area (Å²) in [5, 5.41) is 12.1. The van der Waals surface area contributed by atoms with Gasteiger partial charge in [-0.25, -0.2) is 4.39 Å². The van der Waals surface area contributed by atoms with Gasteiger partial charge in [0.25, 0.3) is 5.91 Å². The zero-order chi connectivity index (χ0) is 13.1. The van der Waals surface area contributed by atoms with Crippen LogP contribution in [-0.2, 0) is 0 Å². The maximum Gasteiger partial charge on any atom is 0.259 e. The second kappa shape index (κ2) is 5.06. The largest absolute Gasteiger partial charge is 0.507 e. The number of halogens is 2. The molecule has 0 atom stereocenters. The summed E-state index contributed by atoms with van der Waals surface area (Å²) < 4.78 is 12.8. The van der Waals surface area contributed by atoms with Crippen LogP contribution < -0.4 is 5.32 Å². The fraction of sp³-hybridized carbons (Fsp3) is 0. The van der Waals surface area contributed by atoms with E-state index < -0.39 is 11.7 Å². The highest BCUT2D eigenvalue weighted by Gasteiger charge is 2.12. The lowest BCUT2D eigenvalue weighted by molar-refractivity contribution is 0.102. The fourth-order valence-corrected chi connectivity index (χ4v) is 1.66. The van der Waals surface area contributed by atoms with Gasteiger partial charge < -0.3 is 10.4 Å². The van der Waals surface area contributed by atoms with Gasteiger partial charge in [0, 0.05) is 0 Å². The van der Waals surface area contributed by atoms with Crippen LogP contribution in [0.5, 0.6) is 5.75 Å². The van der Waals surface area contributed by atoms with Crippen molar-refractivity contribution in [3.8, 4) is 5.75 Å². The molecule has 0 aromatic heterocycles. The molecule has 0 bridgehead atoms. The zero-order valence-corrected chi connectivity index (χ0v) is 9.91. The maximum atomic E-state index is 12.8. The third-order valence-corrected chi connectivity index (χ3v) is 2.64. The molecule has 1 amide bonds.